The standard InChI is InChI=1S/C19H15ClFN3O4/c20-12-2-1-3-14(8-12)24-17(25)9-16(23-24)19(28)22-15(10-18(26)27)11-4-6-13(21)7-5-11/h1-9,15,23H,10H2,(H,22,28)(H,26,27)/t15-/m0/s1. The van der Waals surface area contributed by atoms with E-state index < -0.39 is 35.7 Å². The maximum Gasteiger partial charge on any atom is 0.305 e. The van der Waals surface area contributed by atoms with E-state index in [9.17, 15) is 18.8 Å². The van der Waals surface area contributed by atoms with Crippen LogP contribution in [0.2, 0.25) is 5.02 Å². The van der Waals surface area contributed by atoms with Gasteiger partial charge in [0.05, 0.1) is 18.2 Å². The molecular formula is C19H15ClFN3O4. The van der Waals surface area contributed by atoms with E-state index in [0.29, 0.717) is 16.3 Å². The number of aromatic nitrogens is 2. The first-order chi connectivity index (χ1) is 13.3. The Kier molecular flexibility index (Phi) is 5.60. The van der Waals surface area contributed by atoms with Crippen LogP contribution in [0, 0.1) is 5.82 Å². The van der Waals surface area contributed by atoms with Crippen LogP contribution in [0.5, 0.6) is 0 Å². The van der Waals surface area contributed by atoms with Crippen molar-refractivity contribution in [2.75, 3.05) is 0 Å². The van der Waals surface area contributed by atoms with Crippen LogP contribution < -0.4 is 10.9 Å². The molecule has 0 saturated carbocycles. The number of benzene rings is 2. The lowest BCUT2D eigenvalue weighted by Gasteiger charge is -2.17. The second kappa shape index (κ2) is 8.10. The summed E-state index contributed by atoms with van der Waals surface area (Å²) < 4.78 is 14.3. The quantitative estimate of drug-likeness (QED) is 0.588. The van der Waals surface area contributed by atoms with Gasteiger partial charge in [-0.1, -0.05) is 29.8 Å². The predicted molar refractivity (Wildman–Crippen MR) is 100 cm³/mol. The van der Waals surface area contributed by atoms with E-state index in [1.807, 2.05) is 0 Å². The van der Waals surface area contributed by atoms with Gasteiger partial charge in [-0.25, -0.2) is 9.07 Å². The molecule has 0 aliphatic heterocycles. The van der Waals surface area contributed by atoms with Gasteiger partial charge in [0.25, 0.3) is 11.5 Å². The van der Waals surface area contributed by atoms with Gasteiger partial charge in [-0.3, -0.25) is 19.5 Å². The number of amides is 1. The van der Waals surface area contributed by atoms with Crippen LogP contribution in [0.25, 0.3) is 5.69 Å². The Morgan fingerprint density at radius 1 is 1.18 bits per heavy atom. The average Bonchev–Trinajstić information content (AvgIpc) is 3.03. The number of nitrogens with one attached hydrogen (secondary N) is 2. The van der Waals surface area contributed by atoms with E-state index in [0.717, 1.165) is 10.7 Å². The number of carbonyl (C=O) groups is 2. The summed E-state index contributed by atoms with van der Waals surface area (Å²) in [4.78, 5) is 35.9. The number of halogens is 2. The monoisotopic (exact) mass is 403 g/mol. The number of nitrogens with zero attached hydrogens (tertiary/aromatic N) is 1. The fourth-order valence-electron chi connectivity index (χ4n) is 2.68. The van der Waals surface area contributed by atoms with Crippen LogP contribution in [-0.4, -0.2) is 26.8 Å². The van der Waals surface area contributed by atoms with Gasteiger partial charge in [-0.05, 0) is 35.9 Å². The topological polar surface area (TPSA) is 104 Å². The number of carboxylic acid groups (broad SMARTS) is 1. The number of carbonyl (C=O) groups excluding carboxylic acids is 1. The SMILES string of the molecule is O=C(O)C[C@H](NC(=O)c1cc(=O)n(-c2cccc(Cl)c2)[nH]1)c1ccc(F)cc1. The third-order valence-electron chi connectivity index (χ3n) is 3.99. The summed E-state index contributed by atoms with van der Waals surface area (Å²) >= 11 is 5.92. The lowest BCUT2D eigenvalue weighted by molar-refractivity contribution is -0.137. The van der Waals surface area contributed by atoms with E-state index in [1.165, 1.54) is 24.3 Å². The lowest BCUT2D eigenvalue weighted by atomic mass is 10.0. The molecule has 3 rings (SSSR count). The molecule has 0 aliphatic rings. The molecule has 0 aliphatic carbocycles. The van der Waals surface area contributed by atoms with Crippen molar-refractivity contribution in [1.82, 2.24) is 15.1 Å². The molecule has 1 heterocycles. The summed E-state index contributed by atoms with van der Waals surface area (Å²) in [5, 5.41) is 14.7. The highest BCUT2D eigenvalue weighted by molar-refractivity contribution is 6.30. The molecule has 0 radical (unpaired) electrons. The van der Waals surface area contributed by atoms with Crippen molar-refractivity contribution in [1.29, 1.82) is 0 Å². The van der Waals surface area contributed by atoms with Crippen molar-refractivity contribution >= 4 is 23.5 Å². The maximum absolute atomic E-state index is 13.1. The highest BCUT2D eigenvalue weighted by Crippen LogP contribution is 2.18. The van der Waals surface area contributed by atoms with Crippen LogP contribution in [-0.2, 0) is 4.79 Å². The zero-order valence-corrected chi connectivity index (χ0v) is 15.1. The minimum Gasteiger partial charge on any atom is -0.481 e. The zero-order valence-electron chi connectivity index (χ0n) is 14.4. The molecule has 28 heavy (non-hydrogen) atoms. The molecule has 0 fully saturated rings. The first kappa shape index (κ1) is 19.4. The molecule has 3 N–H and O–H groups in total. The van der Waals surface area contributed by atoms with Gasteiger partial charge in [0.1, 0.15) is 11.5 Å². The van der Waals surface area contributed by atoms with E-state index >= 15 is 0 Å². The van der Waals surface area contributed by atoms with Gasteiger partial charge in [0.15, 0.2) is 0 Å². The van der Waals surface area contributed by atoms with E-state index in [-0.39, 0.29) is 5.69 Å². The van der Waals surface area contributed by atoms with E-state index in [1.54, 1.807) is 24.3 Å². The lowest BCUT2D eigenvalue weighted by Crippen LogP contribution is -2.30. The van der Waals surface area contributed by atoms with Crippen molar-refractivity contribution in [2.24, 2.45) is 0 Å². The predicted octanol–water partition coefficient (Wildman–Crippen LogP) is 2.90. The molecule has 1 atom stereocenters. The Bertz CT molecular complexity index is 1080. The van der Waals surface area contributed by atoms with Crippen molar-refractivity contribution in [3.05, 3.63) is 87.0 Å². The molecule has 2 aromatic carbocycles. The number of hydrogen-bond acceptors (Lipinski definition) is 3. The van der Waals surface area contributed by atoms with Crippen LogP contribution >= 0.6 is 11.6 Å². The Labute approximate surface area is 163 Å². The number of H-pyrrole nitrogens is 1. The molecule has 0 bridgehead atoms. The summed E-state index contributed by atoms with van der Waals surface area (Å²) in [6.07, 6.45) is -0.406. The fourth-order valence-corrected chi connectivity index (χ4v) is 2.86. The third kappa shape index (κ3) is 4.47. The van der Waals surface area contributed by atoms with Crippen molar-refractivity contribution in [3.8, 4) is 5.69 Å². The third-order valence-corrected chi connectivity index (χ3v) is 4.22. The average molecular weight is 404 g/mol. The van der Waals surface area contributed by atoms with Crippen LogP contribution in [0.1, 0.15) is 28.5 Å². The molecule has 7 nitrogen and oxygen atoms in total. The van der Waals surface area contributed by atoms with Gasteiger partial charge in [-0.15, -0.1) is 0 Å². The fraction of sp³-hybridized carbons (Fsp3) is 0.105. The summed E-state index contributed by atoms with van der Waals surface area (Å²) in [7, 11) is 0. The first-order valence-electron chi connectivity index (χ1n) is 8.19. The summed E-state index contributed by atoms with van der Waals surface area (Å²) in [6.45, 7) is 0. The number of hydrogen-bond donors (Lipinski definition) is 3. The number of rotatable bonds is 6. The first-order valence-corrected chi connectivity index (χ1v) is 8.57. The molecule has 0 spiro atoms. The van der Waals surface area contributed by atoms with Gasteiger partial charge in [0, 0.05) is 11.1 Å². The van der Waals surface area contributed by atoms with Gasteiger partial charge < -0.3 is 10.4 Å². The Morgan fingerprint density at radius 2 is 1.89 bits per heavy atom. The number of carboxylic acids is 1. The smallest absolute Gasteiger partial charge is 0.305 e. The van der Waals surface area contributed by atoms with Crippen LogP contribution in [0.3, 0.4) is 0 Å². The van der Waals surface area contributed by atoms with Gasteiger partial charge in [0.2, 0.25) is 0 Å². The molecule has 3 aromatic rings. The second-order valence-corrected chi connectivity index (χ2v) is 6.44. The Hall–Kier alpha value is -3.39. The maximum atomic E-state index is 13.1. The Balaban J connectivity index is 1.86. The molecule has 9 heteroatoms. The summed E-state index contributed by atoms with van der Waals surface area (Å²) in [6, 6.07) is 11.8. The van der Waals surface area contributed by atoms with Crippen molar-refractivity contribution < 1.29 is 19.1 Å². The second-order valence-electron chi connectivity index (χ2n) is 6.00. The molecule has 0 saturated heterocycles. The Morgan fingerprint density at radius 3 is 2.54 bits per heavy atom. The summed E-state index contributed by atoms with van der Waals surface area (Å²) in [5.74, 6) is -2.29. The van der Waals surface area contributed by atoms with Gasteiger partial charge in [-0.2, -0.15) is 0 Å². The molecule has 0 unspecified atom stereocenters. The van der Waals surface area contributed by atoms with Crippen LogP contribution in [0.15, 0.2) is 59.4 Å². The highest BCUT2D eigenvalue weighted by Gasteiger charge is 2.21. The number of aromatic amines is 1. The van der Waals surface area contributed by atoms with Crippen molar-refractivity contribution in [2.45, 2.75) is 12.5 Å². The molecule has 1 aromatic heterocycles. The minimum atomic E-state index is -1.14. The normalized spacial score (nSPS) is 11.8. The molecular weight excluding hydrogens is 389 g/mol. The summed E-state index contributed by atoms with van der Waals surface area (Å²) in [5.41, 5.74) is 0.331. The molecule has 1 amide bonds. The molecule has 144 valence electrons. The van der Waals surface area contributed by atoms with Gasteiger partial charge >= 0.3 is 5.97 Å². The zero-order chi connectivity index (χ0) is 20.3. The van der Waals surface area contributed by atoms with Crippen molar-refractivity contribution in [3.63, 3.8) is 0 Å². The van der Waals surface area contributed by atoms with Crippen LogP contribution in [0.4, 0.5) is 4.39 Å². The van der Waals surface area contributed by atoms with E-state index in [2.05, 4.69) is 10.4 Å². The largest absolute Gasteiger partial charge is 0.481 e. The van der Waals surface area contributed by atoms with E-state index in [4.69, 9.17) is 16.7 Å². The number of aliphatic carboxylic acids is 1. The highest BCUT2D eigenvalue weighted by atomic mass is 35.5. The minimum absolute atomic E-state index is 0.0533.